The summed E-state index contributed by atoms with van der Waals surface area (Å²) in [6, 6.07) is 0. The maximum Gasteiger partial charge on any atom is -0.00675 e. The number of hydrogen-bond donors (Lipinski definition) is 0. The van der Waals surface area contributed by atoms with Gasteiger partial charge in [-0.1, -0.05) is 104 Å². The van der Waals surface area contributed by atoms with Crippen molar-refractivity contribution in [2.24, 2.45) is 0 Å². The molecule has 0 rings (SSSR count). The van der Waals surface area contributed by atoms with E-state index in [9.17, 15) is 0 Å². The lowest BCUT2D eigenvalue weighted by atomic mass is 10.1. The Hall–Kier alpha value is 0.350. The molecule has 127 valence electrons. The van der Waals surface area contributed by atoms with Crippen molar-refractivity contribution >= 4 is 11.8 Å². The molecule has 0 aliphatic heterocycles. The minimum absolute atomic E-state index is 1.12. The standard InChI is InChI=1S/C20H41S/c1-3-5-7-9-11-12-13-14-16-18-20-21-19-17-15-10-8-6-4-2/h2-20H2,1H3. The van der Waals surface area contributed by atoms with Crippen molar-refractivity contribution in [3.63, 3.8) is 0 Å². The molecular formula is C20H41S. The molecule has 0 bridgehead atoms. The van der Waals surface area contributed by atoms with Crippen molar-refractivity contribution in [2.45, 2.75) is 110 Å². The Labute approximate surface area is 140 Å². The molecule has 0 saturated carbocycles. The topological polar surface area (TPSA) is 0 Å². The maximum absolute atomic E-state index is 3.89. The van der Waals surface area contributed by atoms with Gasteiger partial charge in [0.1, 0.15) is 0 Å². The molecule has 1 heteroatoms. The average molecular weight is 314 g/mol. The molecule has 0 N–H and O–H groups in total. The molecule has 0 aliphatic rings. The Morgan fingerprint density at radius 1 is 0.524 bits per heavy atom. The second-order valence-electron chi connectivity index (χ2n) is 6.42. The third-order valence-corrected chi connectivity index (χ3v) is 5.34. The normalized spacial score (nSPS) is 11.1. The molecular weight excluding hydrogens is 272 g/mol. The van der Waals surface area contributed by atoms with Crippen LogP contribution in [0.1, 0.15) is 110 Å². The van der Waals surface area contributed by atoms with Crippen molar-refractivity contribution < 1.29 is 0 Å². The van der Waals surface area contributed by atoms with E-state index in [1.807, 2.05) is 0 Å². The molecule has 0 aromatic carbocycles. The van der Waals surface area contributed by atoms with E-state index >= 15 is 0 Å². The summed E-state index contributed by atoms with van der Waals surface area (Å²) in [7, 11) is 0. The second kappa shape index (κ2) is 20.3. The van der Waals surface area contributed by atoms with Gasteiger partial charge in [0.2, 0.25) is 0 Å². The van der Waals surface area contributed by atoms with Crippen molar-refractivity contribution in [3.8, 4) is 0 Å². The lowest BCUT2D eigenvalue weighted by Crippen LogP contribution is -1.87. The summed E-state index contributed by atoms with van der Waals surface area (Å²) in [6.45, 7) is 6.19. The van der Waals surface area contributed by atoms with E-state index in [4.69, 9.17) is 0 Å². The smallest absolute Gasteiger partial charge is 0.00675 e. The van der Waals surface area contributed by atoms with Crippen LogP contribution in [0.2, 0.25) is 0 Å². The van der Waals surface area contributed by atoms with Crippen molar-refractivity contribution in [1.29, 1.82) is 0 Å². The second-order valence-corrected chi connectivity index (χ2v) is 7.64. The van der Waals surface area contributed by atoms with E-state index in [0.29, 0.717) is 0 Å². The lowest BCUT2D eigenvalue weighted by Gasteiger charge is -2.03. The first-order valence-electron chi connectivity index (χ1n) is 9.78. The highest BCUT2D eigenvalue weighted by Gasteiger charge is 1.94. The molecule has 0 heterocycles. The van der Waals surface area contributed by atoms with E-state index in [1.165, 1.54) is 108 Å². The van der Waals surface area contributed by atoms with Gasteiger partial charge in [-0.25, -0.2) is 0 Å². The third-order valence-electron chi connectivity index (χ3n) is 4.18. The zero-order valence-electron chi connectivity index (χ0n) is 14.8. The van der Waals surface area contributed by atoms with Gasteiger partial charge in [-0.2, -0.15) is 11.8 Å². The van der Waals surface area contributed by atoms with Crippen LogP contribution in [-0.4, -0.2) is 11.5 Å². The molecule has 0 nitrogen and oxygen atoms in total. The highest BCUT2D eigenvalue weighted by Crippen LogP contribution is 2.14. The van der Waals surface area contributed by atoms with Gasteiger partial charge in [0.05, 0.1) is 0 Å². The van der Waals surface area contributed by atoms with Gasteiger partial charge in [-0.05, 0) is 24.3 Å². The molecule has 0 atom stereocenters. The van der Waals surface area contributed by atoms with Gasteiger partial charge in [-0.15, -0.1) is 0 Å². The van der Waals surface area contributed by atoms with E-state index in [1.54, 1.807) is 0 Å². The van der Waals surface area contributed by atoms with Crippen LogP contribution in [0.5, 0.6) is 0 Å². The highest BCUT2D eigenvalue weighted by molar-refractivity contribution is 7.99. The Bertz CT molecular complexity index is 149. The summed E-state index contributed by atoms with van der Waals surface area (Å²) in [6.07, 6.45) is 22.7. The number of thioether (sulfide) groups is 1. The first-order chi connectivity index (χ1) is 10.4. The van der Waals surface area contributed by atoms with Crippen LogP contribution < -0.4 is 0 Å². The van der Waals surface area contributed by atoms with Gasteiger partial charge in [0, 0.05) is 0 Å². The quantitative estimate of drug-likeness (QED) is 0.232. The molecule has 21 heavy (non-hydrogen) atoms. The number of rotatable bonds is 18. The van der Waals surface area contributed by atoms with E-state index in [-0.39, 0.29) is 0 Å². The van der Waals surface area contributed by atoms with Crippen LogP contribution >= 0.6 is 11.8 Å². The van der Waals surface area contributed by atoms with Crippen molar-refractivity contribution in [2.75, 3.05) is 11.5 Å². The predicted molar refractivity (Wildman–Crippen MR) is 102 cm³/mol. The molecule has 0 fully saturated rings. The Kier molecular flexibility index (Phi) is 20.7. The van der Waals surface area contributed by atoms with Crippen LogP contribution in [-0.2, 0) is 0 Å². The molecule has 0 amide bonds. The van der Waals surface area contributed by atoms with Gasteiger partial charge in [-0.3, -0.25) is 0 Å². The molecule has 0 aromatic heterocycles. The fourth-order valence-electron chi connectivity index (χ4n) is 2.70. The molecule has 1 radical (unpaired) electrons. The first-order valence-corrected chi connectivity index (χ1v) is 10.9. The number of hydrogen-bond acceptors (Lipinski definition) is 1. The molecule has 0 saturated heterocycles. The van der Waals surface area contributed by atoms with E-state index in [2.05, 4.69) is 25.6 Å². The van der Waals surface area contributed by atoms with E-state index < -0.39 is 0 Å². The molecule has 0 unspecified atom stereocenters. The monoisotopic (exact) mass is 313 g/mol. The Balaban J connectivity index is 2.90. The van der Waals surface area contributed by atoms with Crippen LogP contribution in [0.3, 0.4) is 0 Å². The van der Waals surface area contributed by atoms with Crippen LogP contribution in [0.4, 0.5) is 0 Å². The summed E-state index contributed by atoms with van der Waals surface area (Å²) < 4.78 is 0. The largest absolute Gasteiger partial charge is 0.162 e. The van der Waals surface area contributed by atoms with Crippen LogP contribution in [0.25, 0.3) is 0 Å². The van der Waals surface area contributed by atoms with Gasteiger partial charge >= 0.3 is 0 Å². The van der Waals surface area contributed by atoms with Gasteiger partial charge in [0.25, 0.3) is 0 Å². The summed E-state index contributed by atoms with van der Waals surface area (Å²) >= 11 is 2.18. The zero-order chi connectivity index (χ0) is 15.4. The van der Waals surface area contributed by atoms with Crippen LogP contribution in [0.15, 0.2) is 0 Å². The fraction of sp³-hybridized carbons (Fsp3) is 0.950. The highest BCUT2D eigenvalue weighted by atomic mass is 32.2. The average Bonchev–Trinajstić information content (AvgIpc) is 2.50. The molecule has 0 spiro atoms. The summed E-state index contributed by atoms with van der Waals surface area (Å²) in [4.78, 5) is 0. The first kappa shape index (κ1) is 21.4. The lowest BCUT2D eigenvalue weighted by molar-refractivity contribution is 0.563. The SMILES string of the molecule is [CH2]CCCCCCCSCCCCCCCCCCCC. The number of unbranched alkanes of at least 4 members (excludes halogenated alkanes) is 14. The summed E-state index contributed by atoms with van der Waals surface area (Å²) in [5, 5.41) is 0. The Morgan fingerprint density at radius 2 is 0.905 bits per heavy atom. The van der Waals surface area contributed by atoms with E-state index in [0.717, 1.165) is 6.42 Å². The third kappa shape index (κ3) is 20.4. The fourth-order valence-corrected chi connectivity index (χ4v) is 3.73. The van der Waals surface area contributed by atoms with Gasteiger partial charge < -0.3 is 0 Å². The zero-order valence-corrected chi connectivity index (χ0v) is 15.7. The van der Waals surface area contributed by atoms with Crippen LogP contribution in [0, 0.1) is 6.92 Å². The molecule has 0 aromatic rings. The van der Waals surface area contributed by atoms with Crippen molar-refractivity contribution in [1.82, 2.24) is 0 Å². The Morgan fingerprint density at radius 3 is 1.33 bits per heavy atom. The van der Waals surface area contributed by atoms with Crippen molar-refractivity contribution in [3.05, 3.63) is 6.92 Å². The minimum Gasteiger partial charge on any atom is -0.162 e. The summed E-state index contributed by atoms with van der Waals surface area (Å²) in [5.74, 6) is 2.79. The predicted octanol–water partition coefficient (Wildman–Crippen LogP) is 7.82. The summed E-state index contributed by atoms with van der Waals surface area (Å²) in [5.41, 5.74) is 0. The molecule has 0 aliphatic carbocycles. The maximum atomic E-state index is 3.89. The van der Waals surface area contributed by atoms with Gasteiger partial charge in [0.15, 0.2) is 0 Å². The minimum atomic E-state index is 1.12.